The maximum absolute atomic E-state index is 11.0. The predicted molar refractivity (Wildman–Crippen MR) is 110 cm³/mol. The van der Waals surface area contributed by atoms with E-state index in [1.165, 1.54) is 6.07 Å². The van der Waals surface area contributed by atoms with E-state index in [0.717, 1.165) is 5.56 Å². The van der Waals surface area contributed by atoms with Crippen LogP contribution in [0.3, 0.4) is 0 Å². The molecule has 2 amide bonds. The van der Waals surface area contributed by atoms with Gasteiger partial charge in [-0.1, -0.05) is 12.1 Å². The van der Waals surface area contributed by atoms with Crippen LogP contribution < -0.4 is 15.8 Å². The zero-order valence-electron chi connectivity index (χ0n) is 16.8. The second-order valence-corrected chi connectivity index (χ2v) is 7.42. The fourth-order valence-electron chi connectivity index (χ4n) is 3.44. The molecule has 0 spiro atoms. The number of anilines is 1. The van der Waals surface area contributed by atoms with Gasteiger partial charge in [-0.3, -0.25) is 0 Å². The van der Waals surface area contributed by atoms with Gasteiger partial charge in [0.25, 0.3) is 0 Å². The van der Waals surface area contributed by atoms with Gasteiger partial charge in [-0.15, -0.1) is 0 Å². The molecule has 2 aromatic rings. The molecule has 1 aliphatic rings. The average molecular weight is 434 g/mol. The molecular formula is C21H26N2O8. The average Bonchev–Trinajstić information content (AvgIpc) is 2.71. The summed E-state index contributed by atoms with van der Waals surface area (Å²) in [5.74, 6) is 0.142. The number of benzene rings is 2. The number of phenols is 1. The summed E-state index contributed by atoms with van der Waals surface area (Å²) in [6.07, 6.45) is -6.77. The van der Waals surface area contributed by atoms with Crippen LogP contribution in [0, 0.1) is 6.92 Å². The Balaban J connectivity index is 1.85. The molecule has 0 aromatic heterocycles. The number of ether oxygens (including phenoxy) is 2. The van der Waals surface area contributed by atoms with Crippen molar-refractivity contribution in [1.29, 1.82) is 0 Å². The fourth-order valence-corrected chi connectivity index (χ4v) is 3.44. The molecule has 0 bridgehead atoms. The second-order valence-electron chi connectivity index (χ2n) is 7.42. The molecule has 0 aliphatic carbocycles. The monoisotopic (exact) mass is 434 g/mol. The lowest BCUT2D eigenvalue weighted by atomic mass is 9.98. The van der Waals surface area contributed by atoms with Crippen LogP contribution in [0.1, 0.15) is 16.7 Å². The highest BCUT2D eigenvalue weighted by Gasteiger charge is 2.44. The van der Waals surface area contributed by atoms with Gasteiger partial charge in [-0.25, -0.2) is 4.79 Å². The number of carbonyl (C=O) groups excluding carboxylic acids is 1. The third-order valence-electron chi connectivity index (χ3n) is 5.11. The predicted octanol–water partition coefficient (Wildman–Crippen LogP) is -0.0393. The van der Waals surface area contributed by atoms with Crippen LogP contribution in [0.4, 0.5) is 10.5 Å². The Labute approximate surface area is 178 Å². The van der Waals surface area contributed by atoms with Crippen LogP contribution in [0.5, 0.6) is 11.5 Å². The molecule has 0 saturated carbocycles. The molecule has 5 atom stereocenters. The second kappa shape index (κ2) is 9.50. The maximum Gasteiger partial charge on any atom is 0.316 e. The third-order valence-corrected chi connectivity index (χ3v) is 5.11. The number of hydrogen-bond donors (Lipinski definition) is 7. The van der Waals surface area contributed by atoms with E-state index < -0.39 is 43.3 Å². The summed E-state index contributed by atoms with van der Waals surface area (Å²) in [6, 6.07) is 9.19. The topological polar surface area (TPSA) is 175 Å². The Hall–Kier alpha value is -2.89. The lowest BCUT2D eigenvalue weighted by Crippen LogP contribution is -2.60. The Bertz CT molecular complexity index is 918. The van der Waals surface area contributed by atoms with Crippen LogP contribution in [-0.4, -0.2) is 68.9 Å². The first-order valence-corrected chi connectivity index (χ1v) is 9.64. The largest absolute Gasteiger partial charge is 0.508 e. The normalized spacial score (nSPS) is 25.8. The number of carbonyl (C=O) groups is 1. The molecule has 1 fully saturated rings. The van der Waals surface area contributed by atoms with Crippen molar-refractivity contribution in [3.8, 4) is 11.5 Å². The summed E-state index contributed by atoms with van der Waals surface area (Å²) < 4.78 is 11.2. The molecule has 0 radical (unpaired) electrons. The molecule has 1 aliphatic heterocycles. The molecule has 1 heterocycles. The van der Waals surface area contributed by atoms with Gasteiger partial charge in [-0.2, -0.15) is 0 Å². The quantitative estimate of drug-likeness (QED) is 0.331. The molecule has 2 aromatic carbocycles. The lowest BCUT2D eigenvalue weighted by Gasteiger charge is -2.39. The van der Waals surface area contributed by atoms with Gasteiger partial charge >= 0.3 is 6.03 Å². The van der Waals surface area contributed by atoms with Crippen molar-refractivity contribution in [2.75, 3.05) is 11.9 Å². The van der Waals surface area contributed by atoms with Crippen molar-refractivity contribution in [2.45, 2.75) is 44.1 Å². The summed E-state index contributed by atoms with van der Waals surface area (Å²) in [5.41, 5.74) is 7.90. The number of aliphatic hydroxyl groups excluding tert-OH is 4. The summed E-state index contributed by atoms with van der Waals surface area (Å²) in [4.78, 5) is 11.0. The number of aryl methyl sites for hydroxylation is 1. The number of hydrogen-bond acceptors (Lipinski definition) is 8. The smallest absolute Gasteiger partial charge is 0.316 e. The van der Waals surface area contributed by atoms with E-state index in [0.29, 0.717) is 23.2 Å². The highest BCUT2D eigenvalue weighted by molar-refractivity contribution is 5.87. The molecule has 10 nitrogen and oxygen atoms in total. The highest BCUT2D eigenvalue weighted by Crippen LogP contribution is 2.33. The minimum Gasteiger partial charge on any atom is -0.508 e. The Morgan fingerprint density at radius 3 is 2.42 bits per heavy atom. The van der Waals surface area contributed by atoms with Crippen molar-refractivity contribution in [2.24, 2.45) is 5.73 Å². The van der Waals surface area contributed by atoms with Crippen molar-refractivity contribution in [1.82, 2.24) is 0 Å². The molecular weight excluding hydrogens is 408 g/mol. The molecule has 1 saturated heterocycles. The first-order chi connectivity index (χ1) is 14.7. The van der Waals surface area contributed by atoms with Crippen molar-refractivity contribution in [3.05, 3.63) is 53.1 Å². The standard InChI is InChI=1S/C21H26N2O8/c1-10-6-13(25)8-15(30-20-19(28)18(27)17(26)16(9-24)31-20)14(10)7-11-2-4-12(5-3-11)23-21(22)29/h2-6,8,16-20,24-28H,7,9H2,1H3,(H3,22,23,29)/t16-,17-,18+,19-,20-/m1/s1. The summed E-state index contributed by atoms with van der Waals surface area (Å²) in [6.45, 7) is 1.20. The Kier molecular flexibility index (Phi) is 6.98. The summed E-state index contributed by atoms with van der Waals surface area (Å²) >= 11 is 0. The summed E-state index contributed by atoms with van der Waals surface area (Å²) in [5, 5.41) is 52.0. The number of primary amides is 1. The minimum atomic E-state index is -1.58. The van der Waals surface area contributed by atoms with Crippen LogP contribution in [0.15, 0.2) is 36.4 Å². The number of rotatable bonds is 6. The van der Waals surface area contributed by atoms with Gasteiger partial charge in [0, 0.05) is 23.7 Å². The number of aromatic hydroxyl groups is 1. The van der Waals surface area contributed by atoms with Gasteiger partial charge in [0.05, 0.1) is 6.61 Å². The van der Waals surface area contributed by atoms with E-state index in [9.17, 15) is 30.3 Å². The highest BCUT2D eigenvalue weighted by atomic mass is 16.7. The maximum atomic E-state index is 11.0. The number of nitrogens with one attached hydrogen (secondary N) is 1. The first kappa shape index (κ1) is 22.8. The number of amides is 2. The van der Waals surface area contributed by atoms with Crippen LogP contribution in [0.2, 0.25) is 0 Å². The minimum absolute atomic E-state index is 0.0677. The molecule has 3 rings (SSSR count). The molecule has 8 N–H and O–H groups in total. The van der Waals surface area contributed by atoms with E-state index in [-0.39, 0.29) is 11.5 Å². The Morgan fingerprint density at radius 2 is 1.81 bits per heavy atom. The number of phenolic OH excluding ortho intramolecular Hbond substituents is 1. The fraction of sp³-hybridized carbons (Fsp3) is 0.381. The molecule has 0 unspecified atom stereocenters. The lowest BCUT2D eigenvalue weighted by molar-refractivity contribution is -0.277. The number of nitrogens with two attached hydrogens (primary N) is 1. The number of urea groups is 1. The molecule has 168 valence electrons. The van der Waals surface area contributed by atoms with E-state index in [4.69, 9.17) is 15.2 Å². The van der Waals surface area contributed by atoms with Crippen LogP contribution >= 0.6 is 0 Å². The van der Waals surface area contributed by atoms with E-state index >= 15 is 0 Å². The van der Waals surface area contributed by atoms with E-state index in [2.05, 4.69) is 5.32 Å². The van der Waals surface area contributed by atoms with Gasteiger partial charge in [0.15, 0.2) is 0 Å². The molecule has 10 heteroatoms. The zero-order chi connectivity index (χ0) is 22.7. The van der Waals surface area contributed by atoms with Crippen LogP contribution in [0.25, 0.3) is 0 Å². The van der Waals surface area contributed by atoms with E-state index in [1.807, 2.05) is 0 Å². The van der Waals surface area contributed by atoms with Gasteiger partial charge in [-0.05, 0) is 36.2 Å². The zero-order valence-corrected chi connectivity index (χ0v) is 16.8. The molecule has 31 heavy (non-hydrogen) atoms. The van der Waals surface area contributed by atoms with Crippen molar-refractivity contribution < 1.29 is 39.8 Å². The Morgan fingerprint density at radius 1 is 1.13 bits per heavy atom. The van der Waals surface area contributed by atoms with E-state index in [1.54, 1.807) is 37.3 Å². The SMILES string of the molecule is Cc1cc(O)cc(O[C@@H]2O[C@H](CO)[C@@H](O)[C@H](O)[C@H]2O)c1Cc1ccc(NC(N)=O)cc1. The van der Waals surface area contributed by atoms with Gasteiger partial charge in [0.1, 0.15) is 35.9 Å². The first-order valence-electron chi connectivity index (χ1n) is 9.64. The number of aliphatic hydroxyl groups is 4. The van der Waals surface area contributed by atoms with Gasteiger partial charge < -0.3 is 46.1 Å². The van der Waals surface area contributed by atoms with Crippen LogP contribution in [-0.2, 0) is 11.2 Å². The summed E-state index contributed by atoms with van der Waals surface area (Å²) in [7, 11) is 0. The van der Waals surface area contributed by atoms with Gasteiger partial charge in [0.2, 0.25) is 6.29 Å². The van der Waals surface area contributed by atoms with Crippen molar-refractivity contribution >= 4 is 11.7 Å². The van der Waals surface area contributed by atoms with Crippen molar-refractivity contribution in [3.63, 3.8) is 0 Å². The third kappa shape index (κ3) is 5.24.